The van der Waals surface area contributed by atoms with E-state index in [9.17, 15) is 0 Å². The lowest BCUT2D eigenvalue weighted by Gasteiger charge is -2.30. The summed E-state index contributed by atoms with van der Waals surface area (Å²) in [6.07, 6.45) is 0. The van der Waals surface area contributed by atoms with Crippen LogP contribution in [0, 0.1) is 41.5 Å². The van der Waals surface area contributed by atoms with Crippen LogP contribution in [0.2, 0.25) is 0 Å². The lowest BCUT2D eigenvalue weighted by atomic mass is 9.91. The first-order chi connectivity index (χ1) is 49.3. The third kappa shape index (κ3) is 12.6. The number of hydrogen-bond acceptors (Lipinski definition) is 4. The second-order valence-electron chi connectivity index (χ2n) is 29.9. The molecule has 0 N–H and O–H groups in total. The van der Waals surface area contributed by atoms with Crippen LogP contribution in [-0.2, 0) is 0 Å². The molecule has 0 aliphatic rings. The Kier molecular flexibility index (Phi) is 17.9. The Bertz CT molecular complexity index is 5320. The van der Waals surface area contributed by atoms with Crippen molar-refractivity contribution in [1.82, 2.24) is 0 Å². The molecule has 0 fully saturated rings. The van der Waals surface area contributed by atoms with Gasteiger partial charge in [0, 0.05) is 67.0 Å². The number of rotatable bonds is 16. The highest BCUT2D eigenvalue weighted by atomic mass is 15.2. The smallest absolute Gasteiger partial charge is 0.0540 e. The maximum Gasteiger partial charge on any atom is 0.0540 e. The molecule has 0 amide bonds. The van der Waals surface area contributed by atoms with Gasteiger partial charge in [-0.15, -0.1) is 0 Å². The molecule has 102 heavy (non-hydrogen) atoms. The molecule has 4 nitrogen and oxygen atoms in total. The van der Waals surface area contributed by atoms with Crippen molar-refractivity contribution in [1.29, 1.82) is 0 Å². The van der Waals surface area contributed by atoms with Crippen molar-refractivity contribution >= 4 is 133 Å². The van der Waals surface area contributed by atoms with E-state index in [0.717, 1.165) is 34.1 Å². The van der Waals surface area contributed by atoms with E-state index in [2.05, 4.69) is 396 Å². The summed E-state index contributed by atoms with van der Waals surface area (Å²) >= 11 is 0. The summed E-state index contributed by atoms with van der Waals surface area (Å²) in [5.41, 5.74) is 27.0. The van der Waals surface area contributed by atoms with Gasteiger partial charge in [0.05, 0.1) is 22.7 Å². The zero-order chi connectivity index (χ0) is 70.8. The first kappa shape index (κ1) is 66.7. The summed E-state index contributed by atoms with van der Waals surface area (Å²) in [7, 11) is 0. The Morgan fingerprint density at radius 3 is 0.627 bits per heavy atom. The number of anilines is 12. The minimum atomic E-state index is 0.476. The summed E-state index contributed by atoms with van der Waals surface area (Å²) in [5.74, 6) is 1.91. The Hall–Kier alpha value is -11.2. The molecule has 0 saturated carbocycles. The highest BCUT2D eigenvalue weighted by Gasteiger charge is 2.26. The first-order valence-corrected chi connectivity index (χ1v) is 36.6. The van der Waals surface area contributed by atoms with Crippen LogP contribution in [0.1, 0.15) is 135 Å². The molecular weight excluding hydrogens is 1230 g/mol. The molecule has 16 aromatic carbocycles. The third-order valence-corrected chi connectivity index (χ3v) is 20.9. The van der Waals surface area contributed by atoms with E-state index in [4.69, 9.17) is 0 Å². The SMILES string of the molecule is Cc1cc(C)cc(N(c2ccc(C(C)C)cc2)c2ccc3ccc4c(N(c5ccc(C(C)C)cc5)c5cc(C)cc(C)c5)ccc5ccc2c3c54)c1.Cc1cccc(N(c2ccc(C(C)C)cc2)c2ccc3ccc4c(N(c5ccc(C(C)C)cc5)c5cccc(C)c5)ccc5ccc2c3c54)c1. The number of nitrogens with zero attached hydrogens (tertiary/aromatic N) is 4. The van der Waals surface area contributed by atoms with E-state index in [-0.39, 0.29) is 0 Å². The summed E-state index contributed by atoms with van der Waals surface area (Å²) in [4.78, 5) is 9.77. The molecule has 0 radical (unpaired) electrons. The van der Waals surface area contributed by atoms with E-state index >= 15 is 0 Å². The zero-order valence-corrected chi connectivity index (χ0v) is 61.7. The summed E-state index contributed by atoms with van der Waals surface area (Å²) < 4.78 is 0. The molecule has 16 rings (SSSR count). The van der Waals surface area contributed by atoms with Gasteiger partial charge in [-0.2, -0.15) is 0 Å². The first-order valence-electron chi connectivity index (χ1n) is 36.6. The minimum absolute atomic E-state index is 0.476. The van der Waals surface area contributed by atoms with Crippen LogP contribution in [0.3, 0.4) is 0 Å². The third-order valence-electron chi connectivity index (χ3n) is 20.9. The highest BCUT2D eigenvalue weighted by molar-refractivity contribution is 6.30. The van der Waals surface area contributed by atoms with Gasteiger partial charge in [0.2, 0.25) is 0 Å². The van der Waals surface area contributed by atoms with Gasteiger partial charge in [-0.1, -0.05) is 213 Å². The molecule has 0 aromatic heterocycles. The lowest BCUT2D eigenvalue weighted by Crippen LogP contribution is -2.12. The fourth-order valence-electron chi connectivity index (χ4n) is 15.8. The zero-order valence-electron chi connectivity index (χ0n) is 61.7. The molecule has 0 saturated heterocycles. The van der Waals surface area contributed by atoms with Gasteiger partial charge in [-0.3, -0.25) is 0 Å². The Labute approximate surface area is 604 Å². The van der Waals surface area contributed by atoms with Gasteiger partial charge in [0.1, 0.15) is 0 Å². The van der Waals surface area contributed by atoms with E-state index in [1.165, 1.54) is 154 Å². The highest BCUT2D eigenvalue weighted by Crippen LogP contribution is 2.51. The molecule has 0 aliphatic carbocycles. The number of aryl methyl sites for hydroxylation is 6. The topological polar surface area (TPSA) is 13.0 Å². The van der Waals surface area contributed by atoms with Gasteiger partial charge in [0.25, 0.3) is 0 Å². The van der Waals surface area contributed by atoms with Crippen molar-refractivity contribution in [3.8, 4) is 0 Å². The fraction of sp³-hybridized carbons (Fsp3) is 0.184. The van der Waals surface area contributed by atoms with Gasteiger partial charge in [-0.25, -0.2) is 0 Å². The molecule has 504 valence electrons. The Morgan fingerprint density at radius 1 is 0.186 bits per heavy atom. The molecule has 0 bridgehead atoms. The fourth-order valence-corrected chi connectivity index (χ4v) is 15.8. The van der Waals surface area contributed by atoms with Gasteiger partial charge in [-0.05, 0) is 285 Å². The second kappa shape index (κ2) is 27.4. The Morgan fingerprint density at radius 2 is 0.402 bits per heavy atom. The molecular formula is C98H92N4. The van der Waals surface area contributed by atoms with E-state index in [1.54, 1.807) is 0 Å². The van der Waals surface area contributed by atoms with Crippen molar-refractivity contribution in [3.63, 3.8) is 0 Å². The standard InChI is InChI=1S/C50H48N2.C48H44N2/c1-31(2)37-9-17-41(18-10-37)51(43-27-33(5)25-34(6)28-43)47-23-15-39-14-22-46-48(24-16-40-13-21-45(47)49(39)50(40)46)52(44-29-35(7)26-36(8)30-44)42-19-11-38(12-20-42)32(3)4;1-31(2)35-13-21-39(22-14-35)49(41-11-7-9-33(5)29-41)45-27-19-37-18-26-44-46(28-20-38-17-25-43(45)47(37)48(38)44)50(42-12-8-10-34(6)30-42)40-23-15-36(16-24-40)32(3)4/h9-32H,1-8H3;7-32H,1-6H3. The van der Waals surface area contributed by atoms with E-state index < -0.39 is 0 Å². The summed E-state index contributed by atoms with van der Waals surface area (Å²) in [6.45, 7) is 31.2. The van der Waals surface area contributed by atoms with Crippen LogP contribution in [0.25, 0.3) is 64.6 Å². The van der Waals surface area contributed by atoms with Crippen LogP contribution in [0.15, 0.2) is 279 Å². The number of hydrogen-bond donors (Lipinski definition) is 0. The molecule has 0 aliphatic heterocycles. The Balaban J connectivity index is 0.000000165. The van der Waals surface area contributed by atoms with E-state index in [0.29, 0.717) is 23.7 Å². The monoisotopic (exact) mass is 1320 g/mol. The number of benzene rings is 16. The minimum Gasteiger partial charge on any atom is -0.310 e. The molecule has 0 spiro atoms. The lowest BCUT2D eigenvalue weighted by molar-refractivity contribution is 0.866. The van der Waals surface area contributed by atoms with Crippen molar-refractivity contribution in [3.05, 3.63) is 335 Å². The predicted octanol–water partition coefficient (Wildman–Crippen LogP) is 29.4. The van der Waals surface area contributed by atoms with Crippen molar-refractivity contribution in [2.45, 2.75) is 121 Å². The van der Waals surface area contributed by atoms with E-state index in [1.807, 2.05) is 0 Å². The molecule has 0 unspecified atom stereocenters. The van der Waals surface area contributed by atoms with Gasteiger partial charge >= 0.3 is 0 Å². The summed E-state index contributed by atoms with van der Waals surface area (Å²) in [6, 6.07) is 105. The van der Waals surface area contributed by atoms with Crippen molar-refractivity contribution in [2.75, 3.05) is 19.6 Å². The van der Waals surface area contributed by atoms with Gasteiger partial charge < -0.3 is 19.6 Å². The molecule has 4 heteroatoms. The molecule has 0 atom stereocenters. The van der Waals surface area contributed by atoms with Crippen LogP contribution in [0.4, 0.5) is 68.2 Å². The van der Waals surface area contributed by atoms with Crippen molar-refractivity contribution < 1.29 is 0 Å². The van der Waals surface area contributed by atoms with Crippen LogP contribution < -0.4 is 19.6 Å². The average Bonchev–Trinajstić information content (AvgIpc) is 0.725. The average molecular weight is 1330 g/mol. The predicted molar refractivity (Wildman–Crippen MR) is 444 cm³/mol. The normalized spacial score (nSPS) is 11.8. The summed E-state index contributed by atoms with van der Waals surface area (Å²) in [5, 5.41) is 15.2. The van der Waals surface area contributed by atoms with Crippen molar-refractivity contribution in [2.24, 2.45) is 0 Å². The van der Waals surface area contributed by atoms with Crippen LogP contribution >= 0.6 is 0 Å². The quantitative estimate of drug-likeness (QED) is 0.0894. The maximum absolute atomic E-state index is 2.45. The largest absolute Gasteiger partial charge is 0.310 e. The van der Waals surface area contributed by atoms with Crippen LogP contribution in [-0.4, -0.2) is 0 Å². The van der Waals surface area contributed by atoms with Gasteiger partial charge in [0.15, 0.2) is 0 Å². The maximum atomic E-state index is 2.45. The van der Waals surface area contributed by atoms with Crippen LogP contribution in [0.5, 0.6) is 0 Å². The molecule has 0 heterocycles. The second-order valence-corrected chi connectivity index (χ2v) is 29.9. The molecule has 16 aromatic rings.